The maximum atomic E-state index is 13.2. The van der Waals surface area contributed by atoms with E-state index in [1.165, 1.54) is 6.07 Å². The van der Waals surface area contributed by atoms with Crippen molar-refractivity contribution in [2.45, 2.75) is 31.6 Å². The van der Waals surface area contributed by atoms with E-state index in [4.69, 9.17) is 5.73 Å². The van der Waals surface area contributed by atoms with Gasteiger partial charge in [0.2, 0.25) is 0 Å². The van der Waals surface area contributed by atoms with E-state index in [1.54, 1.807) is 12.1 Å². The topological polar surface area (TPSA) is 50.4 Å². The van der Waals surface area contributed by atoms with Crippen LogP contribution < -0.4 is 11.1 Å². The number of nitrogens with one attached hydrogen (secondary N) is 1. The van der Waals surface area contributed by atoms with Gasteiger partial charge in [0.1, 0.15) is 5.82 Å². The lowest BCUT2D eigenvalue weighted by atomic mass is 9.96. The monoisotopic (exact) mass is 377 g/mol. The minimum Gasteiger partial charge on any atom is -0.370 e. The normalized spacial score (nSPS) is 16.6. The third-order valence-electron chi connectivity index (χ3n) is 3.40. The summed E-state index contributed by atoms with van der Waals surface area (Å²) in [6.07, 6.45) is 3.13. The fourth-order valence-corrected chi connectivity index (χ4v) is 2.05. The third-order valence-corrected chi connectivity index (χ3v) is 3.40. The van der Waals surface area contributed by atoms with Crippen LogP contribution in [-0.4, -0.2) is 19.0 Å². The first-order valence-electron chi connectivity index (χ1n) is 6.46. The number of nitrogens with zero attached hydrogens (tertiary/aromatic N) is 1. The molecule has 19 heavy (non-hydrogen) atoms. The summed E-state index contributed by atoms with van der Waals surface area (Å²) < 4.78 is 13.2. The highest BCUT2D eigenvalue weighted by Gasteiger charge is 2.44. The van der Waals surface area contributed by atoms with E-state index in [9.17, 15) is 4.39 Å². The van der Waals surface area contributed by atoms with Crippen LogP contribution in [0.5, 0.6) is 0 Å². The summed E-state index contributed by atoms with van der Waals surface area (Å²) in [5, 5.41) is 3.05. The Morgan fingerprint density at radius 3 is 2.79 bits per heavy atom. The number of guanidine groups is 1. The first kappa shape index (κ1) is 16.2. The maximum Gasteiger partial charge on any atom is 0.188 e. The molecule has 1 aromatic carbocycles. The van der Waals surface area contributed by atoms with Crippen LogP contribution in [-0.2, 0) is 5.41 Å². The molecule has 0 amide bonds. The van der Waals surface area contributed by atoms with Gasteiger partial charge in [-0.3, -0.25) is 4.99 Å². The van der Waals surface area contributed by atoms with E-state index in [2.05, 4.69) is 17.2 Å². The molecular weight excluding hydrogens is 356 g/mol. The highest BCUT2D eigenvalue weighted by Crippen LogP contribution is 2.48. The van der Waals surface area contributed by atoms with Crippen molar-refractivity contribution in [1.82, 2.24) is 5.32 Å². The molecule has 0 atom stereocenters. The highest BCUT2D eigenvalue weighted by atomic mass is 127. The van der Waals surface area contributed by atoms with Gasteiger partial charge in [-0.1, -0.05) is 19.1 Å². The average Bonchev–Trinajstić information content (AvgIpc) is 3.15. The summed E-state index contributed by atoms with van der Waals surface area (Å²) in [5.74, 6) is 0.305. The van der Waals surface area contributed by atoms with Crippen molar-refractivity contribution < 1.29 is 4.39 Å². The van der Waals surface area contributed by atoms with Gasteiger partial charge in [0, 0.05) is 12.0 Å². The van der Waals surface area contributed by atoms with Crippen molar-refractivity contribution in [3.63, 3.8) is 0 Å². The molecule has 1 aliphatic carbocycles. The lowest BCUT2D eigenvalue weighted by Crippen LogP contribution is -2.33. The zero-order valence-electron chi connectivity index (χ0n) is 11.2. The van der Waals surface area contributed by atoms with Gasteiger partial charge in [0.25, 0.3) is 0 Å². The van der Waals surface area contributed by atoms with E-state index < -0.39 is 0 Å². The Labute approximate surface area is 130 Å². The number of benzene rings is 1. The molecule has 1 saturated carbocycles. The molecule has 3 nitrogen and oxygen atoms in total. The Balaban J connectivity index is 0.00000180. The quantitative estimate of drug-likeness (QED) is 0.471. The smallest absolute Gasteiger partial charge is 0.188 e. The van der Waals surface area contributed by atoms with E-state index >= 15 is 0 Å². The number of hydrogen-bond acceptors (Lipinski definition) is 1. The van der Waals surface area contributed by atoms with Gasteiger partial charge in [-0.15, -0.1) is 24.0 Å². The third kappa shape index (κ3) is 4.33. The molecule has 1 aromatic rings. The van der Waals surface area contributed by atoms with Crippen LogP contribution in [0.15, 0.2) is 29.3 Å². The molecule has 5 heteroatoms. The van der Waals surface area contributed by atoms with E-state index in [-0.39, 0.29) is 35.2 Å². The van der Waals surface area contributed by atoms with Crippen molar-refractivity contribution in [1.29, 1.82) is 0 Å². The molecule has 1 fully saturated rings. The van der Waals surface area contributed by atoms with Gasteiger partial charge in [0.15, 0.2) is 5.96 Å². The summed E-state index contributed by atoms with van der Waals surface area (Å²) >= 11 is 0. The minimum absolute atomic E-state index is 0. The van der Waals surface area contributed by atoms with E-state index in [1.807, 2.05) is 6.07 Å². The summed E-state index contributed by atoms with van der Waals surface area (Å²) in [6, 6.07) is 6.81. The van der Waals surface area contributed by atoms with E-state index in [0.29, 0.717) is 12.5 Å². The first-order chi connectivity index (χ1) is 8.66. The second-order valence-electron chi connectivity index (χ2n) is 4.92. The zero-order valence-corrected chi connectivity index (χ0v) is 13.5. The van der Waals surface area contributed by atoms with Gasteiger partial charge in [-0.2, -0.15) is 0 Å². The van der Waals surface area contributed by atoms with Gasteiger partial charge in [-0.25, -0.2) is 4.39 Å². The van der Waals surface area contributed by atoms with Crippen molar-refractivity contribution in [2.75, 3.05) is 13.1 Å². The Hall–Kier alpha value is -0.850. The Morgan fingerprint density at radius 1 is 1.47 bits per heavy atom. The van der Waals surface area contributed by atoms with Crippen molar-refractivity contribution in [2.24, 2.45) is 10.7 Å². The van der Waals surface area contributed by atoms with Crippen LogP contribution in [0.25, 0.3) is 0 Å². The predicted molar refractivity (Wildman–Crippen MR) is 87.5 cm³/mol. The molecule has 0 radical (unpaired) electrons. The van der Waals surface area contributed by atoms with Gasteiger partial charge in [0.05, 0.1) is 6.54 Å². The number of aliphatic imine (C=N–C) groups is 1. The Bertz CT molecular complexity index is 444. The zero-order chi connectivity index (χ0) is 13.0. The number of rotatable bonds is 5. The Kier molecular flexibility index (Phi) is 6.03. The second-order valence-corrected chi connectivity index (χ2v) is 4.92. The number of hydrogen-bond donors (Lipinski definition) is 2. The van der Waals surface area contributed by atoms with Crippen LogP contribution in [0, 0.1) is 5.82 Å². The number of nitrogens with two attached hydrogens (primary N) is 1. The molecule has 2 rings (SSSR count). The highest BCUT2D eigenvalue weighted by molar-refractivity contribution is 14.0. The summed E-state index contributed by atoms with van der Waals surface area (Å²) in [4.78, 5) is 4.36. The van der Waals surface area contributed by atoms with Crippen LogP contribution >= 0.6 is 24.0 Å². The van der Waals surface area contributed by atoms with Crippen LogP contribution in [0.1, 0.15) is 31.7 Å². The predicted octanol–water partition coefficient (Wildman–Crippen LogP) is 2.79. The molecular formula is C14H21FIN3. The van der Waals surface area contributed by atoms with Gasteiger partial charge in [-0.05, 0) is 37.0 Å². The summed E-state index contributed by atoms with van der Waals surface area (Å²) in [7, 11) is 0. The standard InChI is InChI=1S/C14H20FN3.HI/c1-2-8-17-13(16)18-10-14(6-7-14)11-4-3-5-12(15)9-11;/h3-5,9H,2,6-8,10H2,1H3,(H3,16,17,18);1H. The fourth-order valence-electron chi connectivity index (χ4n) is 2.05. The van der Waals surface area contributed by atoms with Crippen molar-refractivity contribution in [3.8, 4) is 0 Å². The van der Waals surface area contributed by atoms with Gasteiger partial charge >= 0.3 is 0 Å². The SMILES string of the molecule is CCCNC(N)=NCC1(c2cccc(F)c2)CC1.I. The molecule has 3 N–H and O–H groups in total. The first-order valence-corrected chi connectivity index (χ1v) is 6.46. The van der Waals surface area contributed by atoms with E-state index in [0.717, 1.165) is 31.4 Å². The average molecular weight is 377 g/mol. The largest absolute Gasteiger partial charge is 0.370 e. The van der Waals surface area contributed by atoms with Gasteiger partial charge < -0.3 is 11.1 Å². The molecule has 0 aliphatic heterocycles. The minimum atomic E-state index is -0.181. The molecule has 0 saturated heterocycles. The van der Waals surface area contributed by atoms with Crippen molar-refractivity contribution in [3.05, 3.63) is 35.6 Å². The maximum absolute atomic E-state index is 13.2. The molecule has 106 valence electrons. The summed E-state index contributed by atoms with van der Waals surface area (Å²) in [6.45, 7) is 3.55. The van der Waals surface area contributed by atoms with Crippen LogP contribution in [0.2, 0.25) is 0 Å². The molecule has 0 aromatic heterocycles. The number of halogens is 2. The molecule has 1 aliphatic rings. The molecule has 0 bridgehead atoms. The Morgan fingerprint density at radius 2 is 2.21 bits per heavy atom. The second kappa shape index (κ2) is 7.07. The van der Waals surface area contributed by atoms with Crippen LogP contribution in [0.4, 0.5) is 4.39 Å². The lowest BCUT2D eigenvalue weighted by Gasteiger charge is -2.13. The fraction of sp³-hybridized carbons (Fsp3) is 0.500. The molecule has 0 spiro atoms. The lowest BCUT2D eigenvalue weighted by molar-refractivity contribution is 0.616. The molecule has 0 heterocycles. The summed E-state index contributed by atoms with van der Waals surface area (Å²) in [5.41, 5.74) is 6.82. The van der Waals surface area contributed by atoms with Crippen LogP contribution in [0.3, 0.4) is 0 Å². The van der Waals surface area contributed by atoms with Crippen molar-refractivity contribution >= 4 is 29.9 Å². The molecule has 0 unspecified atom stereocenters.